The normalized spacial score (nSPS) is 12.8. The lowest BCUT2D eigenvalue weighted by Crippen LogP contribution is -2.28. The molecule has 0 spiro atoms. The molecule has 0 atom stereocenters. The first kappa shape index (κ1) is 36.4. The average Bonchev–Trinajstić information content (AvgIpc) is 3.67. The van der Waals surface area contributed by atoms with Gasteiger partial charge in [0.2, 0.25) is 0 Å². The second-order valence-electron chi connectivity index (χ2n) is 15.9. The minimum atomic E-state index is -0.660. The summed E-state index contributed by atoms with van der Waals surface area (Å²) in [6.07, 6.45) is 0. The molecule has 0 unspecified atom stereocenters. The number of nitrogens with zero attached hydrogens (tertiary/aromatic N) is 3. The van der Waals surface area contributed by atoms with Gasteiger partial charge in [0.15, 0.2) is 40.5 Å². The Balaban J connectivity index is 1.01. The van der Waals surface area contributed by atoms with Crippen LogP contribution in [-0.2, 0) is 5.41 Å². The van der Waals surface area contributed by atoms with Gasteiger partial charge in [-0.1, -0.05) is 188 Å². The minimum Gasteiger partial charge on any atom is -0.450 e. The first-order valence-electron chi connectivity index (χ1n) is 21.2. The zero-order valence-electron chi connectivity index (χ0n) is 34.0. The van der Waals surface area contributed by atoms with Gasteiger partial charge in [0, 0.05) is 16.7 Å². The van der Waals surface area contributed by atoms with E-state index in [2.05, 4.69) is 182 Å². The van der Waals surface area contributed by atoms with Gasteiger partial charge in [0.25, 0.3) is 0 Å². The molecule has 63 heavy (non-hydrogen) atoms. The highest BCUT2D eigenvalue weighted by Crippen LogP contribution is 2.58. The molecule has 296 valence electrons. The zero-order valence-corrected chi connectivity index (χ0v) is 34.0. The fourth-order valence-corrected chi connectivity index (χ4v) is 9.35. The summed E-state index contributed by atoms with van der Waals surface area (Å²) >= 11 is 0. The van der Waals surface area contributed by atoms with Gasteiger partial charge in [-0.2, -0.15) is 0 Å². The molecule has 0 saturated heterocycles. The van der Waals surface area contributed by atoms with Gasteiger partial charge in [-0.25, -0.2) is 15.0 Å². The molecule has 2 aliphatic rings. The molecule has 0 bridgehead atoms. The van der Waals surface area contributed by atoms with Crippen LogP contribution in [0.25, 0.3) is 67.5 Å². The lowest BCUT2D eigenvalue weighted by molar-refractivity contribution is 0.359. The second-order valence-corrected chi connectivity index (χ2v) is 15.9. The third-order valence-electron chi connectivity index (χ3n) is 12.3. The number of ether oxygens (including phenoxy) is 2. The molecule has 0 radical (unpaired) electrons. The minimum absolute atomic E-state index is 0.594. The van der Waals surface area contributed by atoms with Crippen molar-refractivity contribution in [3.8, 4) is 90.5 Å². The fraction of sp³-hybridized carbons (Fsp3) is 0.0172. The molecule has 2 heterocycles. The van der Waals surface area contributed by atoms with Gasteiger partial charge in [-0.05, 0) is 92.0 Å². The topological polar surface area (TPSA) is 57.1 Å². The fourth-order valence-electron chi connectivity index (χ4n) is 9.35. The highest BCUT2D eigenvalue weighted by atomic mass is 16.6. The largest absolute Gasteiger partial charge is 0.450 e. The van der Waals surface area contributed by atoms with Crippen molar-refractivity contribution >= 4 is 0 Å². The van der Waals surface area contributed by atoms with Crippen LogP contribution in [0.1, 0.15) is 22.3 Å². The smallest absolute Gasteiger partial charge is 0.170 e. The van der Waals surface area contributed by atoms with Crippen LogP contribution in [0, 0.1) is 0 Å². The summed E-state index contributed by atoms with van der Waals surface area (Å²) in [5, 5.41) is 0. The number of para-hydroxylation sites is 2. The van der Waals surface area contributed by atoms with E-state index in [1.54, 1.807) is 0 Å². The number of fused-ring (bicyclic) bond motifs is 5. The molecule has 12 rings (SSSR count). The van der Waals surface area contributed by atoms with Crippen molar-refractivity contribution in [2.24, 2.45) is 0 Å². The molecule has 1 aliphatic heterocycles. The van der Waals surface area contributed by atoms with Crippen LogP contribution in [0.4, 0.5) is 0 Å². The lowest BCUT2D eigenvalue weighted by atomic mass is 9.67. The van der Waals surface area contributed by atoms with E-state index < -0.39 is 5.41 Å². The maximum atomic E-state index is 6.52. The molecule has 0 N–H and O–H groups in total. The predicted octanol–water partition coefficient (Wildman–Crippen LogP) is 14.5. The third-order valence-corrected chi connectivity index (χ3v) is 12.3. The quantitative estimate of drug-likeness (QED) is 0.161. The molecule has 9 aromatic carbocycles. The Morgan fingerprint density at radius 3 is 1.24 bits per heavy atom. The first-order valence-corrected chi connectivity index (χ1v) is 21.2. The van der Waals surface area contributed by atoms with E-state index in [0.29, 0.717) is 40.5 Å². The third kappa shape index (κ3) is 6.21. The van der Waals surface area contributed by atoms with Gasteiger partial charge in [-0.3, -0.25) is 0 Å². The number of hydrogen-bond acceptors (Lipinski definition) is 5. The number of aromatic nitrogens is 3. The van der Waals surface area contributed by atoms with E-state index in [-0.39, 0.29) is 0 Å². The molecule has 0 fully saturated rings. The van der Waals surface area contributed by atoms with E-state index in [0.717, 1.165) is 50.1 Å². The van der Waals surface area contributed by atoms with Crippen molar-refractivity contribution in [3.63, 3.8) is 0 Å². The number of rotatable bonds is 7. The standard InChI is InChI=1S/C58H37N3O2/c1-3-15-38(16-4-1)41-19-13-21-43(35-41)56-59-55(60-57(61-56)44-22-14-20-42(36-44)39-17-5-2-6-18-39)40-29-31-45(32-30-40)58(49-25-9-7-23-47(49)48-24-8-10-26-50(48)58)46-33-34-53-54(37-46)63-52-28-12-11-27-51(52)62-53/h1-37H. The van der Waals surface area contributed by atoms with Gasteiger partial charge in [0.1, 0.15) is 0 Å². The zero-order chi connectivity index (χ0) is 41.7. The molecule has 1 aliphatic carbocycles. The van der Waals surface area contributed by atoms with Crippen LogP contribution < -0.4 is 9.47 Å². The molecule has 5 heteroatoms. The molecular weight excluding hydrogens is 771 g/mol. The molecule has 1 aromatic heterocycles. The maximum Gasteiger partial charge on any atom is 0.170 e. The Morgan fingerprint density at radius 2 is 0.683 bits per heavy atom. The van der Waals surface area contributed by atoms with Crippen molar-refractivity contribution in [2.45, 2.75) is 5.41 Å². The van der Waals surface area contributed by atoms with Gasteiger partial charge in [0.05, 0.1) is 5.41 Å². The Kier molecular flexibility index (Phi) is 8.64. The van der Waals surface area contributed by atoms with Crippen molar-refractivity contribution in [1.29, 1.82) is 0 Å². The predicted molar refractivity (Wildman–Crippen MR) is 251 cm³/mol. The summed E-state index contributed by atoms with van der Waals surface area (Å²) < 4.78 is 12.9. The second kappa shape index (κ2) is 14.9. The Morgan fingerprint density at radius 1 is 0.270 bits per heavy atom. The van der Waals surface area contributed by atoms with Crippen molar-refractivity contribution in [3.05, 3.63) is 247 Å². The van der Waals surface area contributed by atoms with E-state index in [1.165, 1.54) is 22.3 Å². The number of hydrogen-bond donors (Lipinski definition) is 0. The van der Waals surface area contributed by atoms with Crippen LogP contribution in [0.5, 0.6) is 23.0 Å². The van der Waals surface area contributed by atoms with Crippen molar-refractivity contribution in [2.75, 3.05) is 0 Å². The Bertz CT molecular complexity index is 3200. The van der Waals surface area contributed by atoms with Crippen LogP contribution in [0.15, 0.2) is 224 Å². The summed E-state index contributed by atoms with van der Waals surface area (Å²) in [7, 11) is 0. The molecule has 0 amide bonds. The van der Waals surface area contributed by atoms with Crippen molar-refractivity contribution < 1.29 is 9.47 Å². The first-order chi connectivity index (χ1) is 31.2. The van der Waals surface area contributed by atoms with E-state index in [9.17, 15) is 0 Å². The van der Waals surface area contributed by atoms with Gasteiger partial charge < -0.3 is 9.47 Å². The van der Waals surface area contributed by atoms with Crippen LogP contribution >= 0.6 is 0 Å². The average molecular weight is 808 g/mol. The SMILES string of the molecule is c1ccc(-c2cccc(-c3nc(-c4ccc(C5(c6ccc7c(c6)Oc6ccccc6O7)c6ccccc6-c6ccccc65)cc4)nc(-c4cccc(-c5ccccc5)c4)n3)c2)cc1. The van der Waals surface area contributed by atoms with Crippen LogP contribution in [-0.4, -0.2) is 15.0 Å². The molecule has 0 saturated carbocycles. The summed E-state index contributed by atoms with van der Waals surface area (Å²) in [5.41, 5.74) is 13.5. The molecular formula is C58H37N3O2. The van der Waals surface area contributed by atoms with E-state index in [4.69, 9.17) is 24.4 Å². The van der Waals surface area contributed by atoms with E-state index >= 15 is 0 Å². The van der Waals surface area contributed by atoms with Gasteiger partial charge >= 0.3 is 0 Å². The van der Waals surface area contributed by atoms with Crippen molar-refractivity contribution in [1.82, 2.24) is 15.0 Å². The van der Waals surface area contributed by atoms with Gasteiger partial charge in [-0.15, -0.1) is 0 Å². The summed E-state index contributed by atoms with van der Waals surface area (Å²) in [6.45, 7) is 0. The summed E-state index contributed by atoms with van der Waals surface area (Å²) in [6, 6.07) is 78.1. The van der Waals surface area contributed by atoms with Crippen LogP contribution in [0.3, 0.4) is 0 Å². The van der Waals surface area contributed by atoms with E-state index in [1.807, 2.05) is 42.5 Å². The van der Waals surface area contributed by atoms with Crippen LogP contribution in [0.2, 0.25) is 0 Å². The summed E-state index contributed by atoms with van der Waals surface area (Å²) in [5.74, 6) is 4.58. The Hall–Kier alpha value is -8.41. The lowest BCUT2D eigenvalue weighted by Gasteiger charge is -2.34. The number of benzene rings is 9. The molecule has 5 nitrogen and oxygen atoms in total. The highest BCUT2D eigenvalue weighted by Gasteiger charge is 2.46. The monoisotopic (exact) mass is 807 g/mol. The maximum absolute atomic E-state index is 6.52. The highest BCUT2D eigenvalue weighted by molar-refractivity contribution is 5.87. The molecule has 10 aromatic rings. The summed E-state index contributed by atoms with van der Waals surface area (Å²) in [4.78, 5) is 15.6. The Labute approximate surface area is 365 Å².